The summed E-state index contributed by atoms with van der Waals surface area (Å²) in [5, 5.41) is 5.20. The molecule has 8 aromatic carbocycles. The quantitative estimate of drug-likeness (QED) is 0.172. The third-order valence-corrected chi connectivity index (χ3v) is 13.1. The maximum absolute atomic E-state index is 2.59. The van der Waals surface area contributed by atoms with Gasteiger partial charge in [0.25, 0.3) is 0 Å². The van der Waals surface area contributed by atoms with E-state index in [9.17, 15) is 0 Å². The van der Waals surface area contributed by atoms with Gasteiger partial charge in [0.15, 0.2) is 0 Å². The summed E-state index contributed by atoms with van der Waals surface area (Å²) in [6.45, 7) is 0. The fraction of sp³-hybridized carbons (Fsp3) is 0.111. The Balaban J connectivity index is 1.04. The van der Waals surface area contributed by atoms with E-state index in [0.717, 1.165) is 0 Å². The van der Waals surface area contributed by atoms with Crippen molar-refractivity contribution in [3.63, 3.8) is 0 Å². The molecular weight excluding hydrogens is 677 g/mol. The maximum atomic E-state index is 2.59. The first-order valence-corrected chi connectivity index (χ1v) is 20.2. The van der Waals surface area contributed by atoms with Crippen molar-refractivity contribution in [2.75, 3.05) is 0 Å². The van der Waals surface area contributed by atoms with Gasteiger partial charge in [-0.3, -0.25) is 0 Å². The molecule has 0 radical (unpaired) electrons. The minimum Gasteiger partial charge on any atom is -0.309 e. The van der Waals surface area contributed by atoms with Crippen LogP contribution >= 0.6 is 0 Å². The van der Waals surface area contributed by atoms with Crippen molar-refractivity contribution in [1.29, 1.82) is 0 Å². The van der Waals surface area contributed by atoms with Crippen LogP contribution in [-0.4, -0.2) is 9.13 Å². The second kappa shape index (κ2) is 12.2. The second-order valence-electron chi connectivity index (χ2n) is 16.0. The first kappa shape index (κ1) is 31.7. The van der Waals surface area contributed by atoms with Crippen molar-refractivity contribution in [1.82, 2.24) is 9.13 Å². The van der Waals surface area contributed by atoms with E-state index >= 15 is 0 Å². The van der Waals surface area contributed by atoms with Crippen LogP contribution in [0.25, 0.3) is 88.4 Å². The molecule has 0 aliphatic heterocycles. The zero-order valence-electron chi connectivity index (χ0n) is 31.3. The highest BCUT2D eigenvalue weighted by molar-refractivity contribution is 6.13. The van der Waals surface area contributed by atoms with E-state index in [1.165, 1.54) is 120 Å². The largest absolute Gasteiger partial charge is 0.309 e. The van der Waals surface area contributed by atoms with Crippen LogP contribution in [0.2, 0.25) is 0 Å². The molecule has 0 bridgehead atoms. The van der Waals surface area contributed by atoms with Crippen molar-refractivity contribution < 1.29 is 0 Å². The summed E-state index contributed by atoms with van der Waals surface area (Å²) in [7, 11) is 0. The van der Waals surface area contributed by atoms with Crippen LogP contribution in [0, 0.1) is 0 Å². The highest BCUT2D eigenvalue weighted by atomic mass is 15.0. The average molecular weight is 717 g/mol. The Bertz CT molecular complexity index is 3140. The van der Waals surface area contributed by atoms with Crippen LogP contribution in [0.4, 0.5) is 0 Å². The number of nitrogens with zero attached hydrogens (tertiary/aromatic N) is 2. The number of para-hydroxylation sites is 2. The van der Waals surface area contributed by atoms with E-state index in [4.69, 9.17) is 0 Å². The molecule has 1 saturated carbocycles. The lowest BCUT2D eigenvalue weighted by atomic mass is 9.68. The van der Waals surface area contributed by atoms with E-state index < -0.39 is 0 Å². The topological polar surface area (TPSA) is 9.86 Å². The Morgan fingerprint density at radius 1 is 0.321 bits per heavy atom. The van der Waals surface area contributed by atoms with Crippen molar-refractivity contribution in [2.45, 2.75) is 37.5 Å². The molecule has 2 aromatic heterocycles. The molecule has 0 atom stereocenters. The minimum absolute atomic E-state index is 0.123. The van der Waals surface area contributed by atoms with Crippen LogP contribution in [0.3, 0.4) is 0 Å². The van der Waals surface area contributed by atoms with E-state index in [1.807, 2.05) is 0 Å². The van der Waals surface area contributed by atoms with Crippen LogP contribution in [0.5, 0.6) is 0 Å². The van der Waals surface area contributed by atoms with Gasteiger partial charge in [0.2, 0.25) is 0 Å². The van der Waals surface area contributed by atoms with Gasteiger partial charge in [-0.15, -0.1) is 0 Å². The molecule has 56 heavy (non-hydrogen) atoms. The fourth-order valence-corrected chi connectivity index (χ4v) is 10.6. The molecule has 10 aromatic rings. The summed E-state index contributed by atoms with van der Waals surface area (Å²) in [5.41, 5.74) is 18.3. The molecule has 2 heteroatoms. The molecule has 2 aliphatic rings. The zero-order valence-corrected chi connectivity index (χ0v) is 31.3. The Morgan fingerprint density at radius 3 is 1.73 bits per heavy atom. The van der Waals surface area contributed by atoms with Crippen molar-refractivity contribution in [3.05, 3.63) is 193 Å². The number of aromatic nitrogens is 2. The van der Waals surface area contributed by atoms with Crippen LogP contribution in [0.15, 0.2) is 182 Å². The van der Waals surface area contributed by atoms with Gasteiger partial charge < -0.3 is 9.13 Å². The lowest BCUT2D eigenvalue weighted by Crippen LogP contribution is -2.27. The number of hydrogen-bond acceptors (Lipinski definition) is 0. The maximum Gasteiger partial charge on any atom is 0.0547 e. The third kappa shape index (κ3) is 4.56. The predicted octanol–water partition coefficient (Wildman–Crippen LogP) is 14.4. The molecule has 2 nitrogen and oxygen atoms in total. The van der Waals surface area contributed by atoms with Gasteiger partial charge in [-0.05, 0) is 118 Å². The zero-order chi connectivity index (χ0) is 36.8. The molecular formula is C54H40N2. The molecule has 2 heterocycles. The second-order valence-corrected chi connectivity index (χ2v) is 16.0. The van der Waals surface area contributed by atoms with Gasteiger partial charge >= 0.3 is 0 Å². The lowest BCUT2D eigenvalue weighted by Gasteiger charge is -2.36. The smallest absolute Gasteiger partial charge is 0.0547 e. The first-order valence-electron chi connectivity index (χ1n) is 20.2. The molecule has 0 unspecified atom stereocenters. The van der Waals surface area contributed by atoms with E-state index in [2.05, 4.69) is 191 Å². The summed E-state index contributed by atoms with van der Waals surface area (Å²) in [6.07, 6.45) is 6.41. The molecule has 2 aliphatic carbocycles. The van der Waals surface area contributed by atoms with Crippen molar-refractivity contribution in [2.24, 2.45) is 0 Å². The Hall–Kier alpha value is -6.64. The van der Waals surface area contributed by atoms with Crippen LogP contribution in [-0.2, 0) is 5.41 Å². The molecule has 1 fully saturated rings. The van der Waals surface area contributed by atoms with Gasteiger partial charge in [0, 0.05) is 38.3 Å². The molecule has 0 saturated heterocycles. The molecule has 0 N–H and O–H groups in total. The van der Waals surface area contributed by atoms with Gasteiger partial charge in [0.05, 0.1) is 22.1 Å². The summed E-state index contributed by atoms with van der Waals surface area (Å²) in [5.74, 6) is 0. The minimum atomic E-state index is 0.123. The number of rotatable bonds is 4. The van der Waals surface area contributed by atoms with E-state index in [0.29, 0.717) is 0 Å². The molecule has 0 amide bonds. The Kier molecular flexibility index (Phi) is 6.89. The van der Waals surface area contributed by atoms with Gasteiger partial charge in [0.1, 0.15) is 0 Å². The monoisotopic (exact) mass is 716 g/mol. The fourth-order valence-electron chi connectivity index (χ4n) is 10.6. The highest BCUT2D eigenvalue weighted by Gasteiger charge is 2.44. The highest BCUT2D eigenvalue weighted by Crippen LogP contribution is 2.57. The number of fused-ring (bicyclic) bond motifs is 11. The number of benzene rings is 8. The Morgan fingerprint density at radius 2 is 0.893 bits per heavy atom. The summed E-state index contributed by atoms with van der Waals surface area (Å²) < 4.78 is 4.92. The standard InChI is InChI=1S/C54H40N2/c1-4-14-36(15-5-1)37-22-26-41(27-23-37)55-50-21-11-9-19-43(50)46-32-38(25-29-51(46)55)39-24-28-44-47-34-49-45(35-53(47)56(52(44)33-39)40-16-6-2-7-17-40)42-18-8-10-20-48(42)54(49)30-12-3-13-31-54/h1-2,4-11,14-29,32-35H,3,12-13,30-31H2. The predicted molar refractivity (Wildman–Crippen MR) is 235 cm³/mol. The Labute approximate surface area is 326 Å². The summed E-state index contributed by atoms with van der Waals surface area (Å²) in [4.78, 5) is 0. The lowest BCUT2D eigenvalue weighted by molar-refractivity contribution is 0.353. The van der Waals surface area contributed by atoms with Crippen LogP contribution < -0.4 is 0 Å². The SMILES string of the molecule is c1ccc(-c2ccc(-n3c4ccccc4c4cc(-c5ccc6c7cc8c(cc7n(-c7ccccc7)c6c5)-c5ccccc5C85CCCCC5)ccc43)cc2)cc1. The number of hydrogen-bond donors (Lipinski definition) is 0. The first-order chi connectivity index (χ1) is 27.7. The van der Waals surface area contributed by atoms with E-state index in [-0.39, 0.29) is 5.41 Å². The summed E-state index contributed by atoms with van der Waals surface area (Å²) >= 11 is 0. The van der Waals surface area contributed by atoms with Gasteiger partial charge in [-0.2, -0.15) is 0 Å². The normalized spacial score (nSPS) is 14.6. The molecule has 1 spiro atoms. The molecule has 12 rings (SSSR count). The summed E-state index contributed by atoms with van der Waals surface area (Å²) in [6, 6.07) is 67.9. The van der Waals surface area contributed by atoms with Crippen molar-refractivity contribution >= 4 is 43.6 Å². The van der Waals surface area contributed by atoms with Gasteiger partial charge in [-0.1, -0.05) is 141 Å². The molecule has 266 valence electrons. The third-order valence-electron chi connectivity index (χ3n) is 13.1. The van der Waals surface area contributed by atoms with Crippen LogP contribution in [0.1, 0.15) is 43.2 Å². The van der Waals surface area contributed by atoms with E-state index in [1.54, 1.807) is 11.1 Å². The average Bonchev–Trinajstić information content (AvgIpc) is 3.87. The van der Waals surface area contributed by atoms with Gasteiger partial charge in [-0.25, -0.2) is 0 Å². The van der Waals surface area contributed by atoms with Crippen molar-refractivity contribution in [3.8, 4) is 44.8 Å².